The number of nitrogens with one attached hydrogen (secondary N) is 1. The lowest BCUT2D eigenvalue weighted by Gasteiger charge is -2.29. The van der Waals surface area contributed by atoms with Gasteiger partial charge in [-0.1, -0.05) is 11.6 Å². The number of allylic oxidation sites excluding steroid dienone is 1. The van der Waals surface area contributed by atoms with Crippen molar-refractivity contribution in [2.45, 2.75) is 63.5 Å². The third kappa shape index (κ3) is 3.30. The monoisotopic (exact) mass is 224 g/mol. The van der Waals surface area contributed by atoms with E-state index in [9.17, 15) is 0 Å². The topological polar surface area (TPSA) is 47.3 Å². The largest absolute Gasteiger partial charge is 0.378 e. The fourth-order valence-electron chi connectivity index (χ4n) is 2.76. The van der Waals surface area contributed by atoms with Gasteiger partial charge in [-0.05, 0) is 51.4 Å². The first-order valence-corrected chi connectivity index (χ1v) is 6.67. The van der Waals surface area contributed by atoms with Crippen LogP contribution in [0.25, 0.3) is 0 Å². The molecule has 1 saturated heterocycles. The van der Waals surface area contributed by atoms with Gasteiger partial charge in [-0.3, -0.25) is 11.3 Å². The van der Waals surface area contributed by atoms with Gasteiger partial charge < -0.3 is 4.74 Å². The smallest absolute Gasteiger partial charge is 0.0593 e. The van der Waals surface area contributed by atoms with Gasteiger partial charge in [0.05, 0.1) is 6.10 Å². The highest BCUT2D eigenvalue weighted by Crippen LogP contribution is 2.25. The van der Waals surface area contributed by atoms with Crippen LogP contribution in [0.15, 0.2) is 11.6 Å². The lowest BCUT2D eigenvalue weighted by molar-refractivity contribution is 0.00702. The molecule has 2 aliphatic rings. The number of ether oxygens (including phenoxy) is 1. The molecule has 92 valence electrons. The molecule has 0 saturated carbocycles. The molecule has 0 aromatic carbocycles. The molecule has 3 heteroatoms. The van der Waals surface area contributed by atoms with Crippen LogP contribution in [-0.4, -0.2) is 18.8 Å². The number of hydrogen-bond acceptors (Lipinski definition) is 3. The van der Waals surface area contributed by atoms with Gasteiger partial charge in [-0.2, -0.15) is 0 Å². The van der Waals surface area contributed by atoms with Crippen molar-refractivity contribution in [1.29, 1.82) is 0 Å². The average Bonchev–Trinajstić information content (AvgIpc) is 2.38. The summed E-state index contributed by atoms with van der Waals surface area (Å²) in [6.45, 7) is 0.932. The van der Waals surface area contributed by atoms with Crippen molar-refractivity contribution in [3.05, 3.63) is 11.6 Å². The number of nitrogens with two attached hydrogens (primary N) is 1. The summed E-state index contributed by atoms with van der Waals surface area (Å²) in [5.74, 6) is 5.67. The van der Waals surface area contributed by atoms with Crippen LogP contribution in [0.2, 0.25) is 0 Å². The Morgan fingerprint density at radius 1 is 1.38 bits per heavy atom. The molecule has 1 aliphatic heterocycles. The van der Waals surface area contributed by atoms with Crippen molar-refractivity contribution in [3.8, 4) is 0 Å². The number of hydrogen-bond donors (Lipinski definition) is 2. The maximum absolute atomic E-state index is 5.78. The zero-order valence-electron chi connectivity index (χ0n) is 10.1. The minimum absolute atomic E-state index is 0.336. The van der Waals surface area contributed by atoms with Crippen molar-refractivity contribution in [1.82, 2.24) is 5.43 Å². The molecule has 3 nitrogen and oxygen atoms in total. The second-order valence-corrected chi connectivity index (χ2v) is 4.97. The van der Waals surface area contributed by atoms with E-state index in [1.54, 1.807) is 0 Å². The van der Waals surface area contributed by atoms with Gasteiger partial charge >= 0.3 is 0 Å². The molecule has 1 aliphatic carbocycles. The zero-order chi connectivity index (χ0) is 11.2. The maximum Gasteiger partial charge on any atom is 0.0593 e. The molecule has 2 unspecified atom stereocenters. The molecule has 0 radical (unpaired) electrons. The molecule has 0 spiro atoms. The predicted octanol–water partition coefficient (Wildman–Crippen LogP) is 2.28. The van der Waals surface area contributed by atoms with Crippen molar-refractivity contribution >= 4 is 0 Å². The SMILES string of the molecule is NNC(CC1CCCCO1)C1=CCCCC1. The van der Waals surface area contributed by atoms with Crippen LogP contribution < -0.4 is 11.3 Å². The first-order chi connectivity index (χ1) is 7.90. The predicted molar refractivity (Wildman–Crippen MR) is 65.9 cm³/mol. The molecular formula is C13H24N2O. The summed E-state index contributed by atoms with van der Waals surface area (Å²) in [4.78, 5) is 0. The van der Waals surface area contributed by atoms with Crippen LogP contribution in [0.3, 0.4) is 0 Å². The van der Waals surface area contributed by atoms with Gasteiger partial charge in [0.25, 0.3) is 0 Å². The summed E-state index contributed by atoms with van der Waals surface area (Å²) >= 11 is 0. The third-order valence-corrected chi connectivity index (χ3v) is 3.75. The summed E-state index contributed by atoms with van der Waals surface area (Å²) in [5.41, 5.74) is 4.47. The van der Waals surface area contributed by atoms with Crippen molar-refractivity contribution in [2.75, 3.05) is 6.61 Å². The Morgan fingerprint density at radius 2 is 2.31 bits per heavy atom. The number of rotatable bonds is 4. The van der Waals surface area contributed by atoms with Crippen molar-refractivity contribution in [3.63, 3.8) is 0 Å². The second-order valence-electron chi connectivity index (χ2n) is 4.97. The fourth-order valence-corrected chi connectivity index (χ4v) is 2.76. The summed E-state index contributed by atoms with van der Waals surface area (Å²) in [6.07, 6.45) is 12.6. The molecule has 1 fully saturated rings. The zero-order valence-corrected chi connectivity index (χ0v) is 10.1. The van der Waals surface area contributed by atoms with Crippen LogP contribution in [0.5, 0.6) is 0 Å². The molecule has 0 aromatic heterocycles. The standard InChI is InChI=1S/C13H24N2O/c14-15-13(11-6-2-1-3-7-11)10-12-8-4-5-9-16-12/h6,12-13,15H,1-5,7-10,14H2. The van der Waals surface area contributed by atoms with Gasteiger partial charge in [0.1, 0.15) is 0 Å². The normalized spacial score (nSPS) is 28.6. The van der Waals surface area contributed by atoms with E-state index >= 15 is 0 Å². The van der Waals surface area contributed by atoms with E-state index in [1.165, 1.54) is 50.5 Å². The third-order valence-electron chi connectivity index (χ3n) is 3.75. The van der Waals surface area contributed by atoms with Crippen LogP contribution in [-0.2, 0) is 4.74 Å². The summed E-state index contributed by atoms with van der Waals surface area (Å²) in [7, 11) is 0. The molecule has 0 bridgehead atoms. The molecule has 0 amide bonds. The Kier molecular flexibility index (Phi) is 4.82. The van der Waals surface area contributed by atoms with Crippen LogP contribution >= 0.6 is 0 Å². The minimum atomic E-state index is 0.336. The first-order valence-electron chi connectivity index (χ1n) is 6.67. The summed E-state index contributed by atoms with van der Waals surface area (Å²) in [5, 5.41) is 0. The molecule has 16 heavy (non-hydrogen) atoms. The van der Waals surface area contributed by atoms with Crippen molar-refractivity contribution < 1.29 is 4.74 Å². The van der Waals surface area contributed by atoms with E-state index in [2.05, 4.69) is 11.5 Å². The average molecular weight is 224 g/mol. The van der Waals surface area contributed by atoms with Crippen molar-refractivity contribution in [2.24, 2.45) is 5.84 Å². The van der Waals surface area contributed by atoms with Crippen LogP contribution in [0, 0.1) is 0 Å². The second kappa shape index (κ2) is 6.38. The summed E-state index contributed by atoms with van der Waals surface area (Å²) < 4.78 is 5.78. The molecular weight excluding hydrogens is 200 g/mol. The Morgan fingerprint density at radius 3 is 2.94 bits per heavy atom. The Labute approximate surface area is 98.4 Å². The molecule has 2 atom stereocenters. The fraction of sp³-hybridized carbons (Fsp3) is 0.846. The number of hydrazine groups is 1. The van der Waals surface area contributed by atoms with Crippen LogP contribution in [0.4, 0.5) is 0 Å². The van der Waals surface area contributed by atoms with Gasteiger partial charge in [0.15, 0.2) is 0 Å². The first kappa shape index (κ1) is 12.1. The highest BCUT2D eigenvalue weighted by Gasteiger charge is 2.21. The van der Waals surface area contributed by atoms with E-state index in [4.69, 9.17) is 10.6 Å². The van der Waals surface area contributed by atoms with E-state index in [1.807, 2.05) is 0 Å². The maximum atomic E-state index is 5.78. The van der Waals surface area contributed by atoms with E-state index < -0.39 is 0 Å². The molecule has 1 heterocycles. The lowest BCUT2D eigenvalue weighted by atomic mass is 9.90. The Bertz CT molecular complexity index is 234. The van der Waals surface area contributed by atoms with Crippen LogP contribution in [0.1, 0.15) is 51.4 Å². The quantitative estimate of drug-likeness (QED) is 0.437. The van der Waals surface area contributed by atoms with Gasteiger partial charge in [0.2, 0.25) is 0 Å². The summed E-state index contributed by atoms with van der Waals surface area (Å²) in [6, 6.07) is 0.336. The highest BCUT2D eigenvalue weighted by atomic mass is 16.5. The highest BCUT2D eigenvalue weighted by molar-refractivity contribution is 5.13. The van der Waals surface area contributed by atoms with Gasteiger partial charge in [0, 0.05) is 12.6 Å². The Balaban J connectivity index is 1.86. The van der Waals surface area contributed by atoms with E-state index in [0.717, 1.165) is 13.0 Å². The van der Waals surface area contributed by atoms with E-state index in [0.29, 0.717) is 12.1 Å². The molecule has 2 rings (SSSR count). The minimum Gasteiger partial charge on any atom is -0.378 e. The Hall–Kier alpha value is -0.380. The van der Waals surface area contributed by atoms with Gasteiger partial charge in [-0.15, -0.1) is 0 Å². The van der Waals surface area contributed by atoms with Gasteiger partial charge in [-0.25, -0.2) is 0 Å². The lowest BCUT2D eigenvalue weighted by Crippen LogP contribution is -2.40. The molecule has 0 aromatic rings. The molecule has 3 N–H and O–H groups in total. The van der Waals surface area contributed by atoms with E-state index in [-0.39, 0.29) is 0 Å².